The third-order valence-electron chi connectivity index (χ3n) is 3.90. The summed E-state index contributed by atoms with van der Waals surface area (Å²) in [5.41, 5.74) is 1.66. The van der Waals surface area contributed by atoms with Crippen LogP contribution < -0.4 is 0 Å². The van der Waals surface area contributed by atoms with Gasteiger partial charge < -0.3 is 0 Å². The van der Waals surface area contributed by atoms with Crippen LogP contribution in [0.15, 0.2) is 30.3 Å². The predicted octanol–water partition coefficient (Wildman–Crippen LogP) is 3.29. The van der Waals surface area contributed by atoms with Gasteiger partial charge in [0, 0.05) is 29.6 Å². The molecule has 110 valence electrons. The quantitative estimate of drug-likeness (QED) is 0.811. The minimum Gasteiger partial charge on any atom is -0.297 e. The number of hydrogen-bond acceptors (Lipinski definition) is 5. The summed E-state index contributed by atoms with van der Waals surface area (Å²) in [4.78, 5) is 14.7. The SMILES string of the molecule is O=C(c1ccccc1)C1CCN(Cc2nnsc2Cl)CC1. The summed E-state index contributed by atoms with van der Waals surface area (Å²) < 4.78 is 4.51. The van der Waals surface area contributed by atoms with Crippen molar-refractivity contribution in [1.29, 1.82) is 0 Å². The number of carbonyl (C=O) groups is 1. The second-order valence-corrected chi connectivity index (χ2v) is 6.63. The van der Waals surface area contributed by atoms with Crippen LogP contribution in [0.1, 0.15) is 28.9 Å². The largest absolute Gasteiger partial charge is 0.297 e. The molecule has 0 N–H and O–H groups in total. The van der Waals surface area contributed by atoms with E-state index in [0.717, 1.165) is 43.7 Å². The van der Waals surface area contributed by atoms with Gasteiger partial charge in [0.05, 0.1) is 0 Å². The third kappa shape index (κ3) is 3.48. The summed E-state index contributed by atoms with van der Waals surface area (Å²) >= 11 is 7.25. The van der Waals surface area contributed by atoms with Gasteiger partial charge in [-0.05, 0) is 25.9 Å². The first-order valence-corrected chi connectivity index (χ1v) is 8.17. The lowest BCUT2D eigenvalue weighted by Crippen LogP contribution is -2.36. The lowest BCUT2D eigenvalue weighted by atomic mass is 9.89. The second kappa shape index (κ2) is 6.64. The van der Waals surface area contributed by atoms with E-state index in [1.807, 2.05) is 30.3 Å². The molecule has 4 nitrogen and oxygen atoms in total. The molecule has 1 aromatic carbocycles. The number of halogens is 1. The Hall–Kier alpha value is -1.30. The van der Waals surface area contributed by atoms with Crippen molar-refractivity contribution >= 4 is 28.9 Å². The maximum absolute atomic E-state index is 12.4. The molecule has 0 spiro atoms. The highest BCUT2D eigenvalue weighted by Gasteiger charge is 2.26. The first-order valence-electron chi connectivity index (χ1n) is 7.02. The van der Waals surface area contributed by atoms with Crippen LogP contribution in [0, 0.1) is 5.92 Å². The molecule has 1 aliphatic heterocycles. The summed E-state index contributed by atoms with van der Waals surface area (Å²) in [6, 6.07) is 9.56. The summed E-state index contributed by atoms with van der Waals surface area (Å²) in [6.07, 6.45) is 1.78. The Morgan fingerprint density at radius 3 is 2.62 bits per heavy atom. The first-order chi connectivity index (χ1) is 10.2. The zero-order valence-corrected chi connectivity index (χ0v) is 13.1. The summed E-state index contributed by atoms with van der Waals surface area (Å²) in [6.45, 7) is 2.52. The molecule has 0 amide bonds. The van der Waals surface area contributed by atoms with E-state index in [1.54, 1.807) is 0 Å². The highest BCUT2D eigenvalue weighted by molar-refractivity contribution is 7.10. The first kappa shape index (κ1) is 14.6. The smallest absolute Gasteiger partial charge is 0.166 e. The van der Waals surface area contributed by atoms with Crippen LogP contribution in [0.5, 0.6) is 0 Å². The van der Waals surface area contributed by atoms with Crippen LogP contribution in [0.2, 0.25) is 4.34 Å². The van der Waals surface area contributed by atoms with Crippen molar-refractivity contribution in [1.82, 2.24) is 14.5 Å². The van der Waals surface area contributed by atoms with Crippen molar-refractivity contribution in [3.05, 3.63) is 45.9 Å². The predicted molar refractivity (Wildman–Crippen MR) is 83.7 cm³/mol. The highest BCUT2D eigenvalue weighted by atomic mass is 35.5. The molecule has 1 aromatic heterocycles. The van der Waals surface area contributed by atoms with Crippen LogP contribution in [0.4, 0.5) is 0 Å². The van der Waals surface area contributed by atoms with E-state index in [9.17, 15) is 4.79 Å². The standard InChI is InChI=1S/C15H16ClN3OS/c16-15-13(17-18-21-15)10-19-8-6-12(7-9-19)14(20)11-4-2-1-3-5-11/h1-5,12H,6-10H2. The number of nitrogens with zero attached hydrogens (tertiary/aromatic N) is 3. The molecule has 6 heteroatoms. The topological polar surface area (TPSA) is 46.1 Å². The van der Waals surface area contributed by atoms with Crippen molar-refractivity contribution in [2.75, 3.05) is 13.1 Å². The molecule has 0 bridgehead atoms. The van der Waals surface area contributed by atoms with Gasteiger partial charge in [0.25, 0.3) is 0 Å². The number of benzene rings is 1. The average molecular weight is 322 g/mol. The van der Waals surface area contributed by atoms with Crippen LogP contribution in [0.3, 0.4) is 0 Å². The van der Waals surface area contributed by atoms with Crippen LogP contribution in [-0.4, -0.2) is 33.4 Å². The molecule has 2 heterocycles. The van der Waals surface area contributed by atoms with Crippen molar-refractivity contribution in [2.24, 2.45) is 5.92 Å². The molecule has 3 rings (SSSR count). The summed E-state index contributed by atoms with van der Waals surface area (Å²) in [5, 5.41) is 4.04. The van der Waals surface area contributed by atoms with Gasteiger partial charge >= 0.3 is 0 Å². The van der Waals surface area contributed by atoms with E-state index >= 15 is 0 Å². The Balaban J connectivity index is 1.56. The molecule has 2 aromatic rings. The van der Waals surface area contributed by atoms with Gasteiger partial charge in [-0.25, -0.2) is 0 Å². The van der Waals surface area contributed by atoms with Gasteiger partial charge in [0.2, 0.25) is 0 Å². The lowest BCUT2D eigenvalue weighted by molar-refractivity contribution is 0.0834. The molecular weight excluding hydrogens is 306 g/mol. The van der Waals surface area contributed by atoms with E-state index in [-0.39, 0.29) is 11.7 Å². The van der Waals surface area contributed by atoms with Crippen molar-refractivity contribution < 1.29 is 4.79 Å². The van der Waals surface area contributed by atoms with E-state index in [4.69, 9.17) is 11.6 Å². The molecule has 0 aliphatic carbocycles. The number of likely N-dealkylation sites (tertiary alicyclic amines) is 1. The number of ketones is 1. The Kier molecular flexibility index (Phi) is 4.63. The normalized spacial score (nSPS) is 17.0. The number of carbonyl (C=O) groups excluding carboxylic acids is 1. The maximum atomic E-state index is 12.4. The molecule has 1 saturated heterocycles. The minimum absolute atomic E-state index is 0.132. The molecule has 0 radical (unpaired) electrons. The molecule has 21 heavy (non-hydrogen) atoms. The van der Waals surface area contributed by atoms with E-state index in [0.29, 0.717) is 4.34 Å². The number of Topliss-reactive ketones (excluding diaryl/α,β-unsaturated/α-hetero) is 1. The van der Waals surface area contributed by atoms with Gasteiger partial charge in [-0.3, -0.25) is 9.69 Å². The fourth-order valence-corrected chi connectivity index (χ4v) is 3.31. The minimum atomic E-state index is 0.132. The van der Waals surface area contributed by atoms with Gasteiger partial charge in [-0.2, -0.15) is 0 Å². The fraction of sp³-hybridized carbons (Fsp3) is 0.400. The fourth-order valence-electron chi connectivity index (χ4n) is 2.69. The Labute approximate surface area is 132 Å². The van der Waals surface area contributed by atoms with Crippen LogP contribution in [0.25, 0.3) is 0 Å². The molecule has 1 fully saturated rings. The number of hydrogen-bond donors (Lipinski definition) is 0. The van der Waals surface area contributed by atoms with Crippen LogP contribution in [-0.2, 0) is 6.54 Å². The zero-order valence-electron chi connectivity index (χ0n) is 11.5. The maximum Gasteiger partial charge on any atom is 0.166 e. The highest BCUT2D eigenvalue weighted by Crippen LogP contribution is 2.25. The Morgan fingerprint density at radius 1 is 1.29 bits per heavy atom. The van der Waals surface area contributed by atoms with E-state index in [2.05, 4.69) is 14.5 Å². The van der Waals surface area contributed by atoms with Crippen molar-refractivity contribution in [2.45, 2.75) is 19.4 Å². The molecule has 1 aliphatic rings. The van der Waals surface area contributed by atoms with Crippen molar-refractivity contribution in [3.63, 3.8) is 0 Å². The molecule has 0 atom stereocenters. The van der Waals surface area contributed by atoms with Gasteiger partial charge in [-0.1, -0.05) is 46.4 Å². The average Bonchev–Trinajstić information content (AvgIpc) is 2.93. The third-order valence-corrected chi connectivity index (χ3v) is 4.88. The molecule has 0 unspecified atom stereocenters. The van der Waals surface area contributed by atoms with Crippen molar-refractivity contribution in [3.8, 4) is 0 Å². The lowest BCUT2D eigenvalue weighted by Gasteiger charge is -2.30. The Bertz CT molecular complexity index is 608. The van der Waals surface area contributed by atoms with E-state index < -0.39 is 0 Å². The number of piperidine rings is 1. The Morgan fingerprint density at radius 2 is 2.00 bits per heavy atom. The van der Waals surface area contributed by atoms with Crippen LogP contribution >= 0.6 is 23.1 Å². The molecule has 0 saturated carbocycles. The van der Waals surface area contributed by atoms with Gasteiger partial charge in [0.1, 0.15) is 10.0 Å². The molecular formula is C15H16ClN3OS. The summed E-state index contributed by atoms with van der Waals surface area (Å²) in [5.74, 6) is 0.399. The van der Waals surface area contributed by atoms with E-state index in [1.165, 1.54) is 11.5 Å². The number of rotatable bonds is 4. The zero-order chi connectivity index (χ0) is 14.7. The summed E-state index contributed by atoms with van der Waals surface area (Å²) in [7, 11) is 0. The monoisotopic (exact) mass is 321 g/mol. The second-order valence-electron chi connectivity index (χ2n) is 5.27. The van der Waals surface area contributed by atoms with Gasteiger partial charge in [0.15, 0.2) is 5.78 Å². The number of aromatic nitrogens is 2. The van der Waals surface area contributed by atoms with Gasteiger partial charge in [-0.15, -0.1) is 5.10 Å².